The number of benzene rings is 1. The highest BCUT2D eigenvalue weighted by atomic mass is 16.1. The molecule has 0 bridgehead atoms. The molecule has 0 aliphatic rings. The zero-order valence-electron chi connectivity index (χ0n) is 10.3. The van der Waals surface area contributed by atoms with Crippen LogP contribution in [0.15, 0.2) is 24.3 Å². The second-order valence-corrected chi connectivity index (χ2v) is 4.09. The van der Waals surface area contributed by atoms with Crippen LogP contribution in [-0.2, 0) is 0 Å². The molecule has 0 radical (unpaired) electrons. The molecule has 0 spiro atoms. The molecule has 2 nitrogen and oxygen atoms in total. The van der Waals surface area contributed by atoms with Crippen LogP contribution in [0.5, 0.6) is 0 Å². The lowest BCUT2D eigenvalue weighted by atomic mass is 10.2. The fourth-order valence-electron chi connectivity index (χ4n) is 0.743. The molecule has 0 aromatic heterocycles. The van der Waals surface area contributed by atoms with Crippen LogP contribution < -0.4 is 0 Å². The third kappa shape index (κ3) is 6.86. The van der Waals surface area contributed by atoms with Crippen molar-refractivity contribution in [2.24, 2.45) is 0 Å². The van der Waals surface area contributed by atoms with E-state index in [2.05, 4.69) is 32.8 Å². The molecule has 0 aliphatic heterocycles. The van der Waals surface area contributed by atoms with Crippen LogP contribution in [0.25, 0.3) is 0 Å². The Bertz CT molecular complexity index is 286. The summed E-state index contributed by atoms with van der Waals surface area (Å²) in [4.78, 5) is 12.3. The zero-order chi connectivity index (χ0) is 11.8. The minimum absolute atomic E-state index is 0.685. The van der Waals surface area contributed by atoms with Gasteiger partial charge in [0.1, 0.15) is 6.29 Å². The van der Waals surface area contributed by atoms with Gasteiger partial charge in [0.2, 0.25) is 0 Å². The maximum atomic E-state index is 10.2. The average molecular weight is 207 g/mol. The van der Waals surface area contributed by atoms with Gasteiger partial charge in [-0.3, -0.25) is 4.79 Å². The van der Waals surface area contributed by atoms with Crippen LogP contribution in [0.3, 0.4) is 0 Å². The fraction of sp³-hybridized carbons (Fsp3) is 0.462. The first kappa shape index (κ1) is 13.8. The number of rotatable bonds is 2. The Balaban J connectivity index is 0.000000288. The van der Waals surface area contributed by atoms with E-state index in [1.165, 1.54) is 0 Å². The standard InChI is InChI=1S/C8H8O.C5H13N/c1-7-3-2-4-8(5-7)6-9;1-5(2)6(3)4/h2-6H,1H3;5H,1-4H3. The van der Waals surface area contributed by atoms with Crippen LogP contribution >= 0.6 is 0 Å². The predicted octanol–water partition coefficient (Wildman–Crippen LogP) is 2.76. The Hall–Kier alpha value is -1.15. The number of carbonyl (C=O) groups excluding carboxylic acids is 1. The zero-order valence-corrected chi connectivity index (χ0v) is 10.3. The molecule has 1 aromatic carbocycles. The minimum Gasteiger partial charge on any atom is -0.307 e. The van der Waals surface area contributed by atoms with E-state index >= 15 is 0 Å². The second-order valence-electron chi connectivity index (χ2n) is 4.09. The lowest BCUT2D eigenvalue weighted by molar-refractivity contribution is 0.112. The number of aryl methyl sites for hydroxylation is 1. The lowest BCUT2D eigenvalue weighted by Crippen LogP contribution is -2.20. The second kappa shape index (κ2) is 7.18. The fourth-order valence-corrected chi connectivity index (χ4v) is 0.743. The maximum Gasteiger partial charge on any atom is 0.150 e. The van der Waals surface area contributed by atoms with E-state index in [-0.39, 0.29) is 0 Å². The van der Waals surface area contributed by atoms with Crippen molar-refractivity contribution in [3.8, 4) is 0 Å². The lowest BCUT2D eigenvalue weighted by Gasteiger charge is -2.12. The third-order valence-electron chi connectivity index (χ3n) is 2.21. The molecule has 0 unspecified atom stereocenters. The molecule has 0 aliphatic carbocycles. The highest BCUT2D eigenvalue weighted by Gasteiger charge is 1.90. The molecule has 84 valence electrons. The Morgan fingerprint density at radius 2 is 1.80 bits per heavy atom. The largest absolute Gasteiger partial charge is 0.307 e. The van der Waals surface area contributed by atoms with Gasteiger partial charge in [0.25, 0.3) is 0 Å². The molecule has 0 heterocycles. The topological polar surface area (TPSA) is 20.3 Å². The van der Waals surface area contributed by atoms with Crippen molar-refractivity contribution < 1.29 is 4.79 Å². The Morgan fingerprint density at radius 1 is 1.27 bits per heavy atom. The summed E-state index contributed by atoms with van der Waals surface area (Å²) in [6, 6.07) is 8.17. The van der Waals surface area contributed by atoms with E-state index in [0.717, 1.165) is 17.4 Å². The van der Waals surface area contributed by atoms with Crippen molar-refractivity contribution in [2.75, 3.05) is 14.1 Å². The van der Waals surface area contributed by atoms with E-state index < -0.39 is 0 Å². The number of nitrogens with zero attached hydrogens (tertiary/aromatic N) is 1. The summed E-state index contributed by atoms with van der Waals surface area (Å²) in [7, 11) is 4.15. The van der Waals surface area contributed by atoms with Crippen molar-refractivity contribution in [2.45, 2.75) is 26.8 Å². The average Bonchev–Trinajstić information content (AvgIpc) is 2.18. The normalized spacial score (nSPS) is 9.80. The van der Waals surface area contributed by atoms with Gasteiger partial charge in [-0.15, -0.1) is 0 Å². The summed E-state index contributed by atoms with van der Waals surface area (Å²) in [6.07, 6.45) is 0.854. The quantitative estimate of drug-likeness (QED) is 0.695. The summed E-state index contributed by atoms with van der Waals surface area (Å²) in [5.41, 5.74) is 1.87. The molecule has 1 rings (SSSR count). The van der Waals surface area contributed by atoms with Gasteiger partial charge in [0.05, 0.1) is 0 Å². The summed E-state index contributed by atoms with van der Waals surface area (Å²) in [6.45, 7) is 6.30. The first-order valence-electron chi connectivity index (χ1n) is 5.15. The molecule has 2 heteroatoms. The van der Waals surface area contributed by atoms with Crippen LogP contribution in [-0.4, -0.2) is 31.3 Å². The first-order valence-corrected chi connectivity index (χ1v) is 5.15. The molecule has 0 saturated carbocycles. The van der Waals surface area contributed by atoms with Crippen LogP contribution in [0.2, 0.25) is 0 Å². The van der Waals surface area contributed by atoms with Gasteiger partial charge in [-0.1, -0.05) is 23.8 Å². The van der Waals surface area contributed by atoms with Crippen molar-refractivity contribution >= 4 is 6.29 Å². The van der Waals surface area contributed by atoms with Crippen molar-refractivity contribution in [3.05, 3.63) is 35.4 Å². The Kier molecular flexibility index (Phi) is 6.63. The monoisotopic (exact) mass is 207 g/mol. The molecule has 0 fully saturated rings. The highest BCUT2D eigenvalue weighted by Crippen LogP contribution is 1.99. The van der Waals surface area contributed by atoms with Gasteiger partial charge in [-0.2, -0.15) is 0 Å². The van der Waals surface area contributed by atoms with Gasteiger partial charge in [0, 0.05) is 11.6 Å². The van der Waals surface area contributed by atoms with E-state index in [4.69, 9.17) is 0 Å². The number of carbonyl (C=O) groups is 1. The number of hydrogen-bond acceptors (Lipinski definition) is 2. The maximum absolute atomic E-state index is 10.2. The Morgan fingerprint density at radius 3 is 2.07 bits per heavy atom. The molecular formula is C13H21NO. The van der Waals surface area contributed by atoms with Gasteiger partial charge in [-0.05, 0) is 40.9 Å². The number of aldehydes is 1. The SMILES string of the molecule is CC(C)N(C)C.Cc1cccc(C=O)c1. The Labute approximate surface area is 92.9 Å². The molecule has 15 heavy (non-hydrogen) atoms. The highest BCUT2D eigenvalue weighted by molar-refractivity contribution is 5.74. The smallest absolute Gasteiger partial charge is 0.150 e. The summed E-state index contributed by atoms with van der Waals surface area (Å²) >= 11 is 0. The van der Waals surface area contributed by atoms with E-state index in [1.807, 2.05) is 25.1 Å². The van der Waals surface area contributed by atoms with Gasteiger partial charge in [0.15, 0.2) is 0 Å². The van der Waals surface area contributed by atoms with Crippen molar-refractivity contribution in [1.82, 2.24) is 4.90 Å². The van der Waals surface area contributed by atoms with Crippen molar-refractivity contribution in [1.29, 1.82) is 0 Å². The number of hydrogen-bond donors (Lipinski definition) is 0. The molecule has 0 atom stereocenters. The van der Waals surface area contributed by atoms with Crippen LogP contribution in [0, 0.1) is 6.92 Å². The summed E-state index contributed by atoms with van der Waals surface area (Å²) < 4.78 is 0. The van der Waals surface area contributed by atoms with Gasteiger partial charge >= 0.3 is 0 Å². The van der Waals surface area contributed by atoms with E-state index in [1.54, 1.807) is 6.07 Å². The first-order chi connectivity index (χ1) is 6.97. The molecule has 0 amide bonds. The third-order valence-corrected chi connectivity index (χ3v) is 2.21. The van der Waals surface area contributed by atoms with E-state index in [9.17, 15) is 4.79 Å². The van der Waals surface area contributed by atoms with Gasteiger partial charge in [-0.25, -0.2) is 0 Å². The van der Waals surface area contributed by atoms with Gasteiger partial charge < -0.3 is 4.90 Å². The van der Waals surface area contributed by atoms with Crippen LogP contribution in [0.4, 0.5) is 0 Å². The molecular weight excluding hydrogens is 186 g/mol. The minimum atomic E-state index is 0.685. The van der Waals surface area contributed by atoms with Crippen LogP contribution in [0.1, 0.15) is 29.8 Å². The summed E-state index contributed by atoms with van der Waals surface area (Å²) in [5.74, 6) is 0. The molecule has 0 N–H and O–H groups in total. The molecule has 0 saturated heterocycles. The predicted molar refractivity (Wildman–Crippen MR) is 65.4 cm³/mol. The van der Waals surface area contributed by atoms with E-state index in [0.29, 0.717) is 6.04 Å². The van der Waals surface area contributed by atoms with Crippen molar-refractivity contribution in [3.63, 3.8) is 0 Å². The molecule has 1 aromatic rings. The summed E-state index contributed by atoms with van der Waals surface area (Å²) in [5, 5.41) is 0.